The van der Waals surface area contributed by atoms with Crippen molar-refractivity contribution in [3.63, 3.8) is 0 Å². The Morgan fingerprint density at radius 3 is 2.34 bits per heavy atom. The van der Waals surface area contributed by atoms with Crippen LogP contribution < -0.4 is 19.6 Å². The quantitative estimate of drug-likeness (QED) is 0.458. The van der Waals surface area contributed by atoms with Crippen LogP contribution in [0.4, 0.5) is 0 Å². The molecule has 0 bridgehead atoms. The molecule has 3 rings (SSSR count). The molecule has 0 unspecified atom stereocenters. The number of hydrazone groups is 1. The summed E-state index contributed by atoms with van der Waals surface area (Å²) in [6, 6.07) is 13.9. The van der Waals surface area contributed by atoms with E-state index in [4.69, 9.17) is 30.2 Å². The number of hydrogen-bond donors (Lipinski definition) is 1. The summed E-state index contributed by atoms with van der Waals surface area (Å²) in [6.07, 6.45) is 1.40. The van der Waals surface area contributed by atoms with Crippen molar-refractivity contribution in [2.45, 2.75) is 0 Å². The highest BCUT2D eigenvalue weighted by Crippen LogP contribution is 2.38. The summed E-state index contributed by atoms with van der Waals surface area (Å²) in [5.41, 5.74) is 3.51. The number of nitrogens with zero attached hydrogens (tertiary/aromatic N) is 1. The van der Waals surface area contributed by atoms with Crippen LogP contribution in [0.25, 0.3) is 11.3 Å². The molecular formula is C21H19ClN2O5. The number of benzene rings is 2. The molecule has 1 aromatic heterocycles. The molecule has 1 amide bonds. The van der Waals surface area contributed by atoms with Gasteiger partial charge in [-0.25, -0.2) is 5.43 Å². The van der Waals surface area contributed by atoms with E-state index in [2.05, 4.69) is 10.5 Å². The van der Waals surface area contributed by atoms with E-state index in [1.807, 2.05) is 18.2 Å². The van der Waals surface area contributed by atoms with Crippen LogP contribution in [0.1, 0.15) is 16.1 Å². The Labute approximate surface area is 172 Å². The first-order valence-electron chi connectivity index (χ1n) is 8.55. The molecule has 0 atom stereocenters. The average Bonchev–Trinajstić information content (AvgIpc) is 3.21. The van der Waals surface area contributed by atoms with Gasteiger partial charge in [0, 0.05) is 11.1 Å². The number of furan rings is 1. The van der Waals surface area contributed by atoms with Crippen molar-refractivity contribution in [1.29, 1.82) is 0 Å². The van der Waals surface area contributed by atoms with Crippen LogP contribution in [0.2, 0.25) is 5.02 Å². The minimum absolute atomic E-state index is 0.299. The maximum Gasteiger partial charge on any atom is 0.271 e. The average molecular weight is 415 g/mol. The fraction of sp³-hybridized carbons (Fsp3) is 0.143. The zero-order valence-corrected chi connectivity index (χ0v) is 16.8. The lowest BCUT2D eigenvalue weighted by Gasteiger charge is -2.13. The predicted molar refractivity (Wildman–Crippen MR) is 110 cm³/mol. The van der Waals surface area contributed by atoms with Gasteiger partial charge in [0.2, 0.25) is 5.75 Å². The molecule has 1 heterocycles. The van der Waals surface area contributed by atoms with Crippen molar-refractivity contribution < 1.29 is 23.4 Å². The van der Waals surface area contributed by atoms with Crippen LogP contribution in [0.5, 0.6) is 17.2 Å². The number of carbonyl (C=O) groups excluding carboxylic acids is 1. The summed E-state index contributed by atoms with van der Waals surface area (Å²) >= 11 is 6.17. The standard InChI is InChI=1S/C21H19ClN2O5/c1-26-18-10-13(11-19(27-2)20(18)28-3)21(25)24-23-12-14-8-9-17(29-14)15-6-4-5-7-16(15)22/h4-12H,1-3H3,(H,24,25)/b23-12-. The number of carbonyl (C=O) groups is 1. The third kappa shape index (κ3) is 4.52. The van der Waals surface area contributed by atoms with Crippen molar-refractivity contribution >= 4 is 23.7 Å². The monoisotopic (exact) mass is 414 g/mol. The highest BCUT2D eigenvalue weighted by atomic mass is 35.5. The van der Waals surface area contributed by atoms with Gasteiger partial charge < -0.3 is 18.6 Å². The van der Waals surface area contributed by atoms with Gasteiger partial charge in [-0.05, 0) is 36.4 Å². The van der Waals surface area contributed by atoms with E-state index in [0.717, 1.165) is 5.56 Å². The molecule has 0 saturated heterocycles. The van der Waals surface area contributed by atoms with Crippen LogP contribution >= 0.6 is 11.6 Å². The second-order valence-electron chi connectivity index (χ2n) is 5.80. The SMILES string of the molecule is COc1cc(C(=O)N/N=C\c2ccc(-c3ccccc3Cl)o2)cc(OC)c1OC. The second kappa shape index (κ2) is 9.16. The zero-order valence-electron chi connectivity index (χ0n) is 16.1. The largest absolute Gasteiger partial charge is 0.493 e. The molecule has 0 saturated carbocycles. The Balaban J connectivity index is 1.73. The summed E-state index contributed by atoms with van der Waals surface area (Å²) in [5, 5.41) is 4.52. The van der Waals surface area contributed by atoms with Gasteiger partial charge in [-0.3, -0.25) is 4.79 Å². The third-order valence-corrected chi connectivity index (χ3v) is 4.38. The van der Waals surface area contributed by atoms with E-state index in [-0.39, 0.29) is 0 Å². The molecule has 29 heavy (non-hydrogen) atoms. The van der Waals surface area contributed by atoms with E-state index in [1.54, 1.807) is 18.2 Å². The summed E-state index contributed by atoms with van der Waals surface area (Å²) in [4.78, 5) is 12.4. The lowest BCUT2D eigenvalue weighted by molar-refractivity contribution is 0.0954. The molecular weight excluding hydrogens is 396 g/mol. The minimum Gasteiger partial charge on any atom is -0.493 e. The van der Waals surface area contributed by atoms with Crippen molar-refractivity contribution in [3.05, 3.63) is 64.9 Å². The van der Waals surface area contributed by atoms with Crippen molar-refractivity contribution in [2.75, 3.05) is 21.3 Å². The number of ether oxygens (including phenoxy) is 3. The predicted octanol–water partition coefficient (Wildman–Crippen LogP) is 4.39. The summed E-state index contributed by atoms with van der Waals surface area (Å²) in [7, 11) is 4.44. The van der Waals surface area contributed by atoms with Gasteiger partial charge in [-0.2, -0.15) is 5.10 Å². The van der Waals surface area contributed by atoms with Crippen LogP contribution in [-0.2, 0) is 0 Å². The fourth-order valence-corrected chi connectivity index (χ4v) is 2.89. The number of methoxy groups -OCH3 is 3. The van der Waals surface area contributed by atoms with E-state index in [1.165, 1.54) is 39.7 Å². The lowest BCUT2D eigenvalue weighted by atomic mass is 10.1. The molecule has 0 radical (unpaired) electrons. The normalized spacial score (nSPS) is 10.8. The second-order valence-corrected chi connectivity index (χ2v) is 6.20. The molecule has 8 heteroatoms. The smallest absolute Gasteiger partial charge is 0.271 e. The van der Waals surface area contributed by atoms with E-state index < -0.39 is 5.91 Å². The number of rotatable bonds is 7. The molecule has 0 aliphatic carbocycles. The summed E-state index contributed by atoms with van der Waals surface area (Å²) < 4.78 is 21.4. The van der Waals surface area contributed by atoms with Crippen molar-refractivity contribution in [3.8, 4) is 28.6 Å². The molecule has 0 spiro atoms. The fourth-order valence-electron chi connectivity index (χ4n) is 2.66. The van der Waals surface area contributed by atoms with Gasteiger partial charge in [0.1, 0.15) is 11.5 Å². The van der Waals surface area contributed by atoms with Gasteiger partial charge in [-0.15, -0.1) is 0 Å². The first kappa shape index (κ1) is 20.3. The minimum atomic E-state index is -0.446. The Morgan fingerprint density at radius 2 is 1.72 bits per heavy atom. The topological polar surface area (TPSA) is 82.3 Å². The lowest BCUT2D eigenvalue weighted by Crippen LogP contribution is -2.18. The van der Waals surface area contributed by atoms with Crippen LogP contribution in [0.15, 0.2) is 58.0 Å². The Kier molecular flexibility index (Phi) is 6.41. The van der Waals surface area contributed by atoms with Crippen LogP contribution in [0, 0.1) is 0 Å². The van der Waals surface area contributed by atoms with Crippen LogP contribution in [-0.4, -0.2) is 33.5 Å². The van der Waals surface area contributed by atoms with E-state index in [9.17, 15) is 4.79 Å². The van der Waals surface area contributed by atoms with Crippen LogP contribution in [0.3, 0.4) is 0 Å². The Morgan fingerprint density at radius 1 is 1.03 bits per heavy atom. The molecule has 150 valence electrons. The van der Waals surface area contributed by atoms with Crippen molar-refractivity contribution in [2.24, 2.45) is 5.10 Å². The van der Waals surface area contributed by atoms with Crippen molar-refractivity contribution in [1.82, 2.24) is 5.43 Å². The number of nitrogens with one attached hydrogen (secondary N) is 1. The first-order chi connectivity index (χ1) is 14.1. The Hall–Kier alpha value is -3.45. The molecule has 0 aliphatic heterocycles. The number of hydrogen-bond acceptors (Lipinski definition) is 6. The molecule has 3 aromatic rings. The number of amides is 1. The van der Waals surface area contributed by atoms with E-state index in [0.29, 0.717) is 39.4 Å². The maximum absolute atomic E-state index is 12.4. The van der Waals surface area contributed by atoms with Gasteiger partial charge in [0.05, 0.1) is 32.6 Å². The zero-order chi connectivity index (χ0) is 20.8. The molecule has 0 fully saturated rings. The highest BCUT2D eigenvalue weighted by molar-refractivity contribution is 6.33. The number of halogens is 1. The first-order valence-corrected chi connectivity index (χ1v) is 8.93. The van der Waals surface area contributed by atoms with Gasteiger partial charge in [0.25, 0.3) is 5.91 Å². The highest BCUT2D eigenvalue weighted by Gasteiger charge is 2.16. The molecule has 0 aliphatic rings. The maximum atomic E-state index is 12.4. The third-order valence-electron chi connectivity index (χ3n) is 4.05. The van der Waals surface area contributed by atoms with E-state index >= 15 is 0 Å². The van der Waals surface area contributed by atoms with Gasteiger partial charge in [-0.1, -0.05) is 23.7 Å². The molecule has 2 aromatic carbocycles. The molecule has 7 nitrogen and oxygen atoms in total. The Bertz CT molecular complexity index is 1020. The summed E-state index contributed by atoms with van der Waals surface area (Å²) in [6.45, 7) is 0. The summed E-state index contributed by atoms with van der Waals surface area (Å²) in [5.74, 6) is 1.77. The van der Waals surface area contributed by atoms with Gasteiger partial charge in [0.15, 0.2) is 11.5 Å². The van der Waals surface area contributed by atoms with Gasteiger partial charge >= 0.3 is 0 Å². The molecule has 1 N–H and O–H groups in total.